The number of hydrogen-bond donors (Lipinski definition) is 2. The van der Waals surface area contributed by atoms with Crippen LogP contribution in [0.1, 0.15) is 16.7 Å². The maximum atomic E-state index is 12.4. The Bertz CT molecular complexity index is 636. The summed E-state index contributed by atoms with van der Waals surface area (Å²) in [5.74, 6) is -1.07. The maximum Gasteiger partial charge on any atom is 0.313 e. The highest BCUT2D eigenvalue weighted by molar-refractivity contribution is 7.89. The second-order valence-electron chi connectivity index (χ2n) is 5.19. The molecule has 1 saturated heterocycles. The largest absolute Gasteiger partial charge is 0.481 e. The number of carboxylic acid groups (broad SMARTS) is 1. The van der Waals surface area contributed by atoms with Gasteiger partial charge in [-0.15, -0.1) is 11.3 Å². The molecule has 2 unspecified atom stereocenters. The van der Waals surface area contributed by atoms with E-state index < -0.39 is 27.4 Å². The summed E-state index contributed by atoms with van der Waals surface area (Å²) in [5.41, 5.74) is -1.24. The lowest BCUT2D eigenvalue weighted by Crippen LogP contribution is -2.49. The molecule has 1 aromatic heterocycles. The molecule has 2 rings (SSSR count). The number of nitrogens with one attached hydrogen (secondary N) is 1. The van der Waals surface area contributed by atoms with E-state index in [1.165, 1.54) is 18.3 Å². The number of aryl methyl sites for hydroxylation is 2. The van der Waals surface area contributed by atoms with E-state index in [2.05, 4.69) is 4.72 Å². The number of carboxylic acids is 1. The zero-order valence-electron chi connectivity index (χ0n) is 11.5. The van der Waals surface area contributed by atoms with Crippen LogP contribution in [-0.4, -0.2) is 38.7 Å². The van der Waals surface area contributed by atoms with Crippen molar-refractivity contribution in [3.05, 3.63) is 15.8 Å². The molecule has 8 heteroatoms. The highest BCUT2D eigenvalue weighted by atomic mass is 32.2. The molecular weight excluding hydrogens is 302 g/mol. The van der Waals surface area contributed by atoms with Gasteiger partial charge in [-0.3, -0.25) is 4.79 Å². The number of sulfonamides is 1. The molecule has 0 aromatic carbocycles. The van der Waals surface area contributed by atoms with E-state index in [0.29, 0.717) is 4.88 Å². The van der Waals surface area contributed by atoms with Crippen LogP contribution in [-0.2, 0) is 19.6 Å². The minimum atomic E-state index is -3.74. The first-order valence-corrected chi connectivity index (χ1v) is 8.37. The van der Waals surface area contributed by atoms with Crippen molar-refractivity contribution in [2.45, 2.75) is 31.7 Å². The predicted octanol–water partition coefficient (Wildman–Crippen LogP) is 1.13. The van der Waals surface area contributed by atoms with Crippen LogP contribution in [0.25, 0.3) is 0 Å². The van der Waals surface area contributed by atoms with E-state index in [4.69, 9.17) is 4.74 Å². The van der Waals surface area contributed by atoms with E-state index in [1.807, 2.05) is 6.92 Å². The molecule has 0 bridgehead atoms. The Morgan fingerprint density at radius 3 is 2.70 bits per heavy atom. The van der Waals surface area contributed by atoms with Crippen LogP contribution in [0.5, 0.6) is 0 Å². The Morgan fingerprint density at radius 1 is 1.55 bits per heavy atom. The average Bonchev–Trinajstić information content (AvgIpc) is 2.84. The minimum Gasteiger partial charge on any atom is -0.481 e. The summed E-state index contributed by atoms with van der Waals surface area (Å²) in [4.78, 5) is 13.1. The fraction of sp³-hybridized carbons (Fsp3) is 0.583. The Balaban J connectivity index is 2.29. The Morgan fingerprint density at radius 2 is 2.20 bits per heavy atom. The summed E-state index contributed by atoms with van der Waals surface area (Å²) in [6.07, 6.45) is 0. The van der Waals surface area contributed by atoms with Gasteiger partial charge in [0, 0.05) is 9.75 Å². The molecule has 0 aliphatic carbocycles. The lowest BCUT2D eigenvalue weighted by Gasteiger charge is -2.25. The number of hydrogen-bond acceptors (Lipinski definition) is 5. The van der Waals surface area contributed by atoms with Crippen molar-refractivity contribution < 1.29 is 23.1 Å². The smallest absolute Gasteiger partial charge is 0.313 e. The molecule has 2 atom stereocenters. The normalized spacial score (nSPS) is 26.9. The Labute approximate surface area is 121 Å². The molecular formula is C12H17NO5S2. The summed E-state index contributed by atoms with van der Waals surface area (Å²) in [5, 5.41) is 9.26. The lowest BCUT2D eigenvalue weighted by molar-refractivity contribution is -0.148. The van der Waals surface area contributed by atoms with Gasteiger partial charge in [0.25, 0.3) is 0 Å². The van der Waals surface area contributed by atoms with Gasteiger partial charge >= 0.3 is 5.97 Å². The number of carbonyl (C=O) groups is 1. The van der Waals surface area contributed by atoms with Crippen molar-refractivity contribution in [1.82, 2.24) is 4.72 Å². The quantitative estimate of drug-likeness (QED) is 0.868. The third kappa shape index (κ3) is 2.60. The highest BCUT2D eigenvalue weighted by Gasteiger charge is 2.48. The van der Waals surface area contributed by atoms with E-state index in [-0.39, 0.29) is 18.1 Å². The number of rotatable bonds is 4. The minimum absolute atomic E-state index is 0.00281. The fourth-order valence-corrected chi connectivity index (χ4v) is 5.06. The van der Waals surface area contributed by atoms with Gasteiger partial charge in [-0.1, -0.05) is 0 Å². The molecule has 0 saturated carbocycles. The molecule has 0 spiro atoms. The Hall–Kier alpha value is -0.960. The van der Waals surface area contributed by atoms with Crippen LogP contribution in [0.15, 0.2) is 11.0 Å². The zero-order chi connectivity index (χ0) is 15.1. The van der Waals surface area contributed by atoms with Crippen LogP contribution >= 0.6 is 11.3 Å². The summed E-state index contributed by atoms with van der Waals surface area (Å²) >= 11 is 1.39. The first kappa shape index (κ1) is 15.4. The molecule has 2 N–H and O–H groups in total. The van der Waals surface area contributed by atoms with Gasteiger partial charge in [0.15, 0.2) is 0 Å². The van der Waals surface area contributed by atoms with Crippen LogP contribution in [0.3, 0.4) is 0 Å². The van der Waals surface area contributed by atoms with Gasteiger partial charge in [0.2, 0.25) is 10.0 Å². The van der Waals surface area contributed by atoms with Gasteiger partial charge in [0.1, 0.15) is 5.41 Å². The monoisotopic (exact) mass is 319 g/mol. The third-order valence-electron chi connectivity index (χ3n) is 3.53. The molecule has 1 aliphatic heterocycles. The summed E-state index contributed by atoms with van der Waals surface area (Å²) in [6.45, 7) is 5.10. The van der Waals surface area contributed by atoms with Crippen molar-refractivity contribution in [2.24, 2.45) is 5.41 Å². The second kappa shape index (κ2) is 5.10. The van der Waals surface area contributed by atoms with E-state index in [1.54, 1.807) is 13.0 Å². The molecule has 20 heavy (non-hydrogen) atoms. The lowest BCUT2D eigenvalue weighted by atomic mass is 9.86. The highest BCUT2D eigenvalue weighted by Crippen LogP contribution is 2.31. The molecule has 6 nitrogen and oxygen atoms in total. The average molecular weight is 319 g/mol. The number of ether oxygens (including phenoxy) is 1. The second-order valence-corrected chi connectivity index (χ2v) is 8.33. The Kier molecular flexibility index (Phi) is 3.94. The van der Waals surface area contributed by atoms with Crippen molar-refractivity contribution in [3.8, 4) is 0 Å². The van der Waals surface area contributed by atoms with E-state index >= 15 is 0 Å². The molecule has 0 radical (unpaired) electrons. The summed E-state index contributed by atoms with van der Waals surface area (Å²) < 4.78 is 32.4. The molecule has 1 aliphatic rings. The van der Waals surface area contributed by atoms with Gasteiger partial charge in [-0.05, 0) is 26.8 Å². The number of aliphatic carboxylic acids is 1. The van der Waals surface area contributed by atoms with Crippen molar-refractivity contribution in [2.75, 3.05) is 13.2 Å². The topological polar surface area (TPSA) is 92.7 Å². The van der Waals surface area contributed by atoms with Gasteiger partial charge in [-0.2, -0.15) is 0 Å². The van der Waals surface area contributed by atoms with E-state index in [9.17, 15) is 18.3 Å². The van der Waals surface area contributed by atoms with Gasteiger partial charge in [0.05, 0.1) is 24.2 Å². The van der Waals surface area contributed by atoms with Crippen molar-refractivity contribution in [3.63, 3.8) is 0 Å². The molecule has 0 amide bonds. The SMILES string of the molecule is Cc1cc(S(=O)(=O)NC2COCC2(C)C(=O)O)c(C)s1. The number of thiophene rings is 1. The van der Waals surface area contributed by atoms with Crippen LogP contribution < -0.4 is 4.72 Å². The van der Waals surface area contributed by atoms with Crippen molar-refractivity contribution >= 4 is 27.3 Å². The zero-order valence-corrected chi connectivity index (χ0v) is 13.1. The fourth-order valence-electron chi connectivity index (χ4n) is 2.17. The first-order chi connectivity index (χ1) is 9.17. The molecule has 1 fully saturated rings. The van der Waals surface area contributed by atoms with Crippen molar-refractivity contribution in [1.29, 1.82) is 0 Å². The van der Waals surface area contributed by atoms with E-state index in [0.717, 1.165) is 4.88 Å². The molecule has 112 valence electrons. The molecule has 1 aromatic rings. The van der Waals surface area contributed by atoms with Crippen LogP contribution in [0, 0.1) is 19.3 Å². The maximum absolute atomic E-state index is 12.4. The van der Waals surface area contributed by atoms with Crippen LogP contribution in [0.2, 0.25) is 0 Å². The van der Waals surface area contributed by atoms with Crippen LogP contribution in [0.4, 0.5) is 0 Å². The predicted molar refractivity (Wildman–Crippen MR) is 74.5 cm³/mol. The standard InChI is InChI=1S/C12H17NO5S2/c1-7-4-9(8(2)19-7)20(16,17)13-10-5-18-6-12(10,3)11(14)15/h4,10,13H,5-6H2,1-3H3,(H,14,15). The summed E-state index contributed by atoms with van der Waals surface area (Å²) in [7, 11) is -3.74. The van der Waals surface area contributed by atoms with Gasteiger partial charge < -0.3 is 9.84 Å². The third-order valence-corrected chi connectivity index (χ3v) is 6.22. The first-order valence-electron chi connectivity index (χ1n) is 6.07. The summed E-state index contributed by atoms with van der Waals surface area (Å²) in [6, 6.07) is 0.820. The molecule has 2 heterocycles. The van der Waals surface area contributed by atoms with Gasteiger partial charge in [-0.25, -0.2) is 13.1 Å².